The van der Waals surface area contributed by atoms with Gasteiger partial charge in [-0.1, -0.05) is 23.4 Å². The van der Waals surface area contributed by atoms with Gasteiger partial charge in [0.05, 0.1) is 31.3 Å². The van der Waals surface area contributed by atoms with E-state index in [1.807, 2.05) is 4.90 Å². The number of piperazine rings is 1. The van der Waals surface area contributed by atoms with Crippen molar-refractivity contribution in [1.82, 2.24) is 14.9 Å². The van der Waals surface area contributed by atoms with Crippen LogP contribution in [0.2, 0.25) is 5.02 Å². The van der Waals surface area contributed by atoms with Crippen molar-refractivity contribution >= 4 is 53.0 Å². The molecule has 1 N–H and O–H groups in total. The summed E-state index contributed by atoms with van der Waals surface area (Å²) in [5.74, 6) is -0.957. The van der Waals surface area contributed by atoms with Crippen LogP contribution in [0.15, 0.2) is 17.3 Å². The number of rotatable bonds is 7. The standard InChI is InChI=1S/C34H44ClFN6O6S/c1-32(2,3)47-30(44)39-26-24(18-34(28(43)46-7)14-9-10-21-22(35)11-12-23(36)25(21)34)38-29(49-8)40-27(26)41-16-17-42(20(19-41)13-15-37)31(45)48-33(4,5)6/h11-12,20H,9-10,13-14,16-19H2,1-8H3,(H,39,44). The van der Waals surface area contributed by atoms with Crippen LogP contribution >= 0.6 is 23.4 Å². The number of nitrogens with zero attached hydrogens (tertiary/aromatic N) is 5. The van der Waals surface area contributed by atoms with E-state index < -0.39 is 46.6 Å². The minimum absolute atomic E-state index is 0.0141. The van der Waals surface area contributed by atoms with Crippen LogP contribution in [0.25, 0.3) is 0 Å². The van der Waals surface area contributed by atoms with E-state index in [4.69, 9.17) is 35.8 Å². The first-order chi connectivity index (χ1) is 22.9. The first-order valence-electron chi connectivity index (χ1n) is 16.0. The Morgan fingerprint density at radius 1 is 1.14 bits per heavy atom. The van der Waals surface area contributed by atoms with Gasteiger partial charge in [0.2, 0.25) is 0 Å². The van der Waals surface area contributed by atoms with E-state index >= 15 is 4.39 Å². The number of carbonyl (C=O) groups excluding carboxylic acids is 3. The Balaban J connectivity index is 1.89. The monoisotopic (exact) mass is 718 g/mol. The van der Waals surface area contributed by atoms with Crippen LogP contribution in [0, 0.1) is 17.1 Å². The smallest absolute Gasteiger partial charge is 0.412 e. The Morgan fingerprint density at radius 2 is 1.84 bits per heavy atom. The maximum absolute atomic E-state index is 15.8. The molecular weight excluding hydrogens is 675 g/mol. The summed E-state index contributed by atoms with van der Waals surface area (Å²) in [6.45, 7) is 11.1. The number of esters is 1. The third kappa shape index (κ3) is 8.67. The fourth-order valence-electron chi connectivity index (χ4n) is 6.32. The summed E-state index contributed by atoms with van der Waals surface area (Å²) >= 11 is 7.80. The van der Waals surface area contributed by atoms with Crippen molar-refractivity contribution in [3.8, 4) is 6.07 Å². The summed E-state index contributed by atoms with van der Waals surface area (Å²) in [5, 5.41) is 13.2. The highest BCUT2D eigenvalue weighted by Gasteiger charge is 2.48. The van der Waals surface area contributed by atoms with Crippen LogP contribution in [0.4, 0.5) is 25.5 Å². The number of fused-ring (bicyclic) bond motifs is 1. The number of thioether (sulfide) groups is 1. The fraction of sp³-hybridized carbons (Fsp3) is 0.588. The van der Waals surface area contributed by atoms with Gasteiger partial charge in [-0.15, -0.1) is 0 Å². The molecule has 2 unspecified atom stereocenters. The number of nitrogens with one attached hydrogen (secondary N) is 1. The SMILES string of the molecule is COC(=O)C1(Cc2nc(SC)nc(N3CCN(C(=O)OC(C)(C)C)C(CC#N)C3)c2NC(=O)OC(C)(C)C)CCCc2c(Cl)ccc(F)c21. The number of benzene rings is 1. The minimum atomic E-state index is -1.53. The van der Waals surface area contributed by atoms with Gasteiger partial charge in [0.25, 0.3) is 0 Å². The molecule has 2 heterocycles. The Hall–Kier alpha value is -3.83. The zero-order valence-electron chi connectivity index (χ0n) is 29.2. The van der Waals surface area contributed by atoms with Gasteiger partial charge in [-0.25, -0.2) is 23.9 Å². The molecule has 1 saturated heterocycles. The average molecular weight is 719 g/mol. The molecule has 1 aliphatic carbocycles. The van der Waals surface area contributed by atoms with E-state index in [2.05, 4.69) is 11.4 Å². The summed E-state index contributed by atoms with van der Waals surface area (Å²) in [4.78, 5) is 53.3. The number of methoxy groups -OCH3 is 1. The third-order valence-electron chi connectivity index (χ3n) is 8.25. The van der Waals surface area contributed by atoms with Gasteiger partial charge >= 0.3 is 18.2 Å². The topological polar surface area (TPSA) is 147 Å². The van der Waals surface area contributed by atoms with Crippen LogP contribution in [0.1, 0.15) is 77.6 Å². The van der Waals surface area contributed by atoms with Crippen molar-refractivity contribution in [3.05, 3.63) is 39.8 Å². The van der Waals surface area contributed by atoms with Crippen molar-refractivity contribution in [1.29, 1.82) is 5.26 Å². The molecule has 1 aromatic carbocycles. The van der Waals surface area contributed by atoms with E-state index in [1.54, 1.807) is 47.8 Å². The van der Waals surface area contributed by atoms with Crippen LogP contribution in [0.3, 0.4) is 0 Å². The molecule has 1 fully saturated rings. The molecule has 15 heteroatoms. The highest BCUT2D eigenvalue weighted by molar-refractivity contribution is 7.98. The number of nitriles is 1. The zero-order chi connectivity index (χ0) is 36.3. The molecule has 2 amide bonds. The molecule has 12 nitrogen and oxygen atoms in total. The lowest BCUT2D eigenvalue weighted by Crippen LogP contribution is -2.56. The molecule has 2 aliphatic rings. The van der Waals surface area contributed by atoms with Crippen molar-refractivity contribution in [2.24, 2.45) is 0 Å². The molecule has 0 saturated carbocycles. The van der Waals surface area contributed by atoms with Gasteiger partial charge in [-0.05, 0) is 84.8 Å². The molecule has 2 atom stereocenters. The van der Waals surface area contributed by atoms with Gasteiger partial charge in [0.15, 0.2) is 11.0 Å². The highest BCUT2D eigenvalue weighted by atomic mass is 35.5. The van der Waals surface area contributed by atoms with Gasteiger partial charge in [0.1, 0.15) is 28.1 Å². The number of aromatic nitrogens is 2. The average Bonchev–Trinajstić information content (AvgIpc) is 3.01. The molecular formula is C34H44ClFN6O6S. The zero-order valence-corrected chi connectivity index (χ0v) is 30.8. The molecule has 266 valence electrons. The van der Waals surface area contributed by atoms with Crippen molar-refractivity contribution < 1.29 is 33.0 Å². The van der Waals surface area contributed by atoms with Crippen LogP contribution < -0.4 is 10.2 Å². The van der Waals surface area contributed by atoms with Gasteiger partial charge < -0.3 is 24.0 Å². The molecule has 0 radical (unpaired) electrons. The molecule has 4 rings (SSSR count). The van der Waals surface area contributed by atoms with Gasteiger partial charge in [-0.3, -0.25) is 10.1 Å². The van der Waals surface area contributed by atoms with Crippen molar-refractivity contribution in [2.75, 3.05) is 43.2 Å². The maximum atomic E-state index is 15.8. The quantitative estimate of drug-likeness (QED) is 0.142. The molecule has 0 spiro atoms. The van der Waals surface area contributed by atoms with Crippen LogP contribution in [-0.4, -0.2) is 83.3 Å². The van der Waals surface area contributed by atoms with E-state index in [9.17, 15) is 19.6 Å². The largest absolute Gasteiger partial charge is 0.468 e. The van der Waals surface area contributed by atoms with E-state index in [1.165, 1.54) is 35.9 Å². The van der Waals surface area contributed by atoms with E-state index in [0.29, 0.717) is 34.4 Å². The van der Waals surface area contributed by atoms with Crippen molar-refractivity contribution in [2.45, 2.75) is 101 Å². The molecule has 49 heavy (non-hydrogen) atoms. The Labute approximate surface area is 296 Å². The maximum Gasteiger partial charge on any atom is 0.412 e. The summed E-state index contributed by atoms with van der Waals surface area (Å²) in [6, 6.07) is 4.31. The lowest BCUT2D eigenvalue weighted by atomic mass is 9.67. The van der Waals surface area contributed by atoms with Crippen molar-refractivity contribution in [3.63, 3.8) is 0 Å². The third-order valence-corrected chi connectivity index (χ3v) is 9.15. The number of halogens is 2. The number of carbonyl (C=O) groups is 3. The molecule has 2 aromatic rings. The second kappa shape index (κ2) is 15.0. The predicted octanol–water partition coefficient (Wildman–Crippen LogP) is 6.67. The van der Waals surface area contributed by atoms with Crippen LogP contribution in [-0.2, 0) is 37.3 Å². The molecule has 1 aliphatic heterocycles. The first kappa shape index (κ1) is 38.0. The van der Waals surface area contributed by atoms with Gasteiger partial charge in [-0.2, -0.15) is 5.26 Å². The Kier molecular flexibility index (Phi) is 11.6. The number of hydrogen-bond donors (Lipinski definition) is 1. The number of ether oxygens (including phenoxy) is 3. The molecule has 1 aromatic heterocycles. The summed E-state index contributed by atoms with van der Waals surface area (Å²) in [5.41, 5.74) is -2.03. The lowest BCUT2D eigenvalue weighted by Gasteiger charge is -2.42. The predicted molar refractivity (Wildman–Crippen MR) is 185 cm³/mol. The highest BCUT2D eigenvalue weighted by Crippen LogP contribution is 2.46. The van der Waals surface area contributed by atoms with Crippen LogP contribution in [0.5, 0.6) is 0 Å². The number of hydrogen-bond acceptors (Lipinski definition) is 11. The second-order valence-corrected chi connectivity index (χ2v) is 15.3. The van der Waals surface area contributed by atoms with E-state index in [-0.39, 0.29) is 55.8 Å². The Bertz CT molecular complexity index is 1640. The summed E-state index contributed by atoms with van der Waals surface area (Å²) < 4.78 is 32.4. The summed E-state index contributed by atoms with van der Waals surface area (Å²) in [6.07, 6.45) is 1.55. The Morgan fingerprint density at radius 3 is 2.45 bits per heavy atom. The summed E-state index contributed by atoms with van der Waals surface area (Å²) in [7, 11) is 1.25. The molecule has 0 bridgehead atoms. The normalized spacial score (nSPS) is 19.4. The van der Waals surface area contributed by atoms with Gasteiger partial charge in [0, 0.05) is 36.6 Å². The number of amides is 2. The minimum Gasteiger partial charge on any atom is -0.468 e. The first-order valence-corrected chi connectivity index (χ1v) is 17.7. The fourth-order valence-corrected chi connectivity index (χ4v) is 6.96. The number of anilines is 2. The van der Waals surface area contributed by atoms with E-state index in [0.717, 1.165) is 0 Å². The lowest BCUT2D eigenvalue weighted by molar-refractivity contribution is -0.148. The second-order valence-electron chi connectivity index (χ2n) is 14.1.